The molecule has 0 fully saturated rings. The average Bonchev–Trinajstić information content (AvgIpc) is 3.49. The standard InChI is InChI=1S/C27H24ClN7O4S/c1-4-23(36)31-19-7-5-6-8-20(19)32-26-29-11-16-12-34(21-9-18(38-2)10-22(39-3)24(21)28)27(37)35(25(16)33-26)13-17-14-40-15-30-17/h4-11,14-15H,1,12-13H2,2-3H3,(H,31,36)(H,29,32,33). The maximum absolute atomic E-state index is 14.0. The smallest absolute Gasteiger partial charge is 0.330 e. The van der Waals surface area contributed by atoms with Gasteiger partial charge in [-0.05, 0) is 18.2 Å². The molecule has 3 amide bonds. The number of amides is 3. The molecule has 4 aromatic rings. The molecule has 204 valence electrons. The molecule has 2 aromatic heterocycles. The Labute approximate surface area is 239 Å². The molecule has 0 atom stereocenters. The number of fused-ring (bicyclic) bond motifs is 1. The van der Waals surface area contributed by atoms with Gasteiger partial charge in [-0.25, -0.2) is 14.8 Å². The van der Waals surface area contributed by atoms with Crippen molar-refractivity contribution >= 4 is 63.7 Å². The Balaban J connectivity index is 1.54. The lowest BCUT2D eigenvalue weighted by Crippen LogP contribution is -2.47. The van der Waals surface area contributed by atoms with E-state index in [4.69, 9.17) is 26.1 Å². The first-order valence-electron chi connectivity index (χ1n) is 11.9. The fourth-order valence-electron chi connectivity index (χ4n) is 4.11. The highest BCUT2D eigenvalue weighted by molar-refractivity contribution is 7.07. The number of halogens is 1. The fraction of sp³-hybridized carbons (Fsp3) is 0.148. The number of urea groups is 1. The lowest BCUT2D eigenvalue weighted by Gasteiger charge is -2.36. The van der Waals surface area contributed by atoms with Crippen molar-refractivity contribution in [2.24, 2.45) is 0 Å². The van der Waals surface area contributed by atoms with E-state index in [-0.39, 0.29) is 36.0 Å². The van der Waals surface area contributed by atoms with Crippen molar-refractivity contribution in [3.05, 3.63) is 82.4 Å². The zero-order valence-corrected chi connectivity index (χ0v) is 23.1. The van der Waals surface area contributed by atoms with Gasteiger partial charge < -0.3 is 20.1 Å². The number of nitrogens with one attached hydrogen (secondary N) is 2. The van der Waals surface area contributed by atoms with E-state index in [1.165, 1.54) is 41.4 Å². The van der Waals surface area contributed by atoms with Gasteiger partial charge in [0.2, 0.25) is 11.9 Å². The minimum Gasteiger partial charge on any atom is -0.497 e. The average molecular weight is 578 g/mol. The summed E-state index contributed by atoms with van der Waals surface area (Å²) < 4.78 is 10.8. The fourth-order valence-corrected chi connectivity index (χ4v) is 4.95. The number of aromatic nitrogens is 3. The van der Waals surface area contributed by atoms with E-state index < -0.39 is 0 Å². The van der Waals surface area contributed by atoms with Crippen LogP contribution in [0.25, 0.3) is 0 Å². The third-order valence-corrected chi connectivity index (χ3v) is 7.06. The molecule has 0 unspecified atom stereocenters. The van der Waals surface area contributed by atoms with Crippen molar-refractivity contribution in [1.82, 2.24) is 15.0 Å². The zero-order valence-electron chi connectivity index (χ0n) is 21.6. The first kappa shape index (κ1) is 26.9. The first-order chi connectivity index (χ1) is 19.4. The van der Waals surface area contributed by atoms with E-state index in [2.05, 4.69) is 27.2 Å². The summed E-state index contributed by atoms with van der Waals surface area (Å²) in [7, 11) is 3.02. The maximum Gasteiger partial charge on any atom is 0.330 e. The number of hydrogen-bond acceptors (Lipinski definition) is 9. The molecule has 11 nitrogen and oxygen atoms in total. The number of thiazole rings is 1. The number of hydrogen-bond donors (Lipinski definition) is 2. The molecular formula is C27H24ClN7O4S. The van der Waals surface area contributed by atoms with Gasteiger partial charge in [-0.1, -0.05) is 30.3 Å². The number of nitrogens with zero attached hydrogens (tertiary/aromatic N) is 5. The second kappa shape index (κ2) is 11.6. The molecule has 5 rings (SSSR count). The van der Waals surface area contributed by atoms with Crippen LogP contribution in [0.4, 0.5) is 33.6 Å². The van der Waals surface area contributed by atoms with E-state index in [9.17, 15) is 9.59 Å². The molecule has 3 heterocycles. The molecule has 0 aliphatic carbocycles. The van der Waals surface area contributed by atoms with Gasteiger partial charge in [-0.15, -0.1) is 11.3 Å². The summed E-state index contributed by atoms with van der Waals surface area (Å²) in [5, 5.41) is 8.02. The van der Waals surface area contributed by atoms with E-state index >= 15 is 0 Å². The molecule has 13 heteroatoms. The second-order valence-corrected chi connectivity index (χ2v) is 9.60. The van der Waals surface area contributed by atoms with Gasteiger partial charge in [0.25, 0.3) is 0 Å². The summed E-state index contributed by atoms with van der Waals surface area (Å²) >= 11 is 8.08. The minimum atomic E-state index is -0.360. The first-order valence-corrected chi connectivity index (χ1v) is 13.3. The Hall–Kier alpha value is -4.68. The third kappa shape index (κ3) is 5.40. The van der Waals surface area contributed by atoms with Crippen LogP contribution in [-0.4, -0.2) is 41.1 Å². The van der Waals surface area contributed by atoms with Gasteiger partial charge in [-0.2, -0.15) is 4.98 Å². The second-order valence-electron chi connectivity index (χ2n) is 8.50. The molecule has 1 aliphatic rings. The lowest BCUT2D eigenvalue weighted by molar-refractivity contribution is -0.111. The number of carbonyl (C=O) groups is 2. The third-order valence-electron chi connectivity index (χ3n) is 6.05. The molecule has 1 aliphatic heterocycles. The quantitative estimate of drug-likeness (QED) is 0.246. The Kier molecular flexibility index (Phi) is 7.80. The summed E-state index contributed by atoms with van der Waals surface area (Å²) in [5.74, 6) is 1.17. The van der Waals surface area contributed by atoms with Crippen LogP contribution in [-0.2, 0) is 17.9 Å². The van der Waals surface area contributed by atoms with E-state index in [0.717, 1.165) is 0 Å². The van der Waals surface area contributed by atoms with Crippen LogP contribution in [0.15, 0.2) is 66.1 Å². The van der Waals surface area contributed by atoms with Crippen molar-refractivity contribution in [2.75, 3.05) is 34.7 Å². The van der Waals surface area contributed by atoms with Crippen LogP contribution >= 0.6 is 22.9 Å². The molecule has 2 aromatic carbocycles. The number of anilines is 5. The van der Waals surface area contributed by atoms with Crippen LogP contribution in [0.2, 0.25) is 5.02 Å². The van der Waals surface area contributed by atoms with Gasteiger partial charge >= 0.3 is 6.03 Å². The number of benzene rings is 2. The normalized spacial score (nSPS) is 12.5. The van der Waals surface area contributed by atoms with Gasteiger partial charge in [-0.3, -0.25) is 14.6 Å². The van der Waals surface area contributed by atoms with E-state index in [1.54, 1.807) is 42.0 Å². The summed E-state index contributed by atoms with van der Waals surface area (Å²) in [4.78, 5) is 42.5. The topological polar surface area (TPSA) is 122 Å². The van der Waals surface area contributed by atoms with Crippen LogP contribution in [0.5, 0.6) is 11.5 Å². The summed E-state index contributed by atoms with van der Waals surface area (Å²) in [5.41, 5.74) is 4.61. The SMILES string of the molecule is C=CC(=O)Nc1ccccc1Nc1ncc2c(n1)N(Cc1cscn1)C(=O)N(c1cc(OC)cc(OC)c1Cl)C2. The number of carbonyl (C=O) groups excluding carboxylic acids is 2. The van der Waals surface area contributed by atoms with Crippen molar-refractivity contribution in [1.29, 1.82) is 0 Å². The summed E-state index contributed by atoms with van der Waals surface area (Å²) in [6.07, 6.45) is 2.83. The molecule has 0 spiro atoms. The molecule has 0 radical (unpaired) electrons. The van der Waals surface area contributed by atoms with E-state index in [0.29, 0.717) is 45.6 Å². The number of para-hydroxylation sites is 2. The largest absolute Gasteiger partial charge is 0.497 e. The predicted molar refractivity (Wildman–Crippen MR) is 155 cm³/mol. The highest BCUT2D eigenvalue weighted by atomic mass is 35.5. The molecule has 2 N–H and O–H groups in total. The molecule has 0 saturated carbocycles. The number of methoxy groups -OCH3 is 2. The van der Waals surface area contributed by atoms with Crippen molar-refractivity contribution in [2.45, 2.75) is 13.1 Å². The monoisotopic (exact) mass is 577 g/mol. The van der Waals surface area contributed by atoms with Crippen molar-refractivity contribution in [3.8, 4) is 11.5 Å². The van der Waals surface area contributed by atoms with E-state index in [1.807, 2.05) is 11.4 Å². The van der Waals surface area contributed by atoms with Gasteiger partial charge in [0.05, 0.1) is 55.6 Å². The molecule has 40 heavy (non-hydrogen) atoms. The van der Waals surface area contributed by atoms with Gasteiger partial charge in [0.15, 0.2) is 0 Å². The highest BCUT2D eigenvalue weighted by Crippen LogP contribution is 2.42. The number of ether oxygens (including phenoxy) is 2. The van der Waals surface area contributed by atoms with Gasteiger partial charge in [0.1, 0.15) is 22.3 Å². The highest BCUT2D eigenvalue weighted by Gasteiger charge is 2.35. The lowest BCUT2D eigenvalue weighted by atomic mass is 10.1. The number of rotatable bonds is 9. The Morgan fingerprint density at radius 2 is 2.00 bits per heavy atom. The van der Waals surface area contributed by atoms with Crippen LogP contribution in [0.1, 0.15) is 11.3 Å². The summed E-state index contributed by atoms with van der Waals surface area (Å²) in [6.45, 7) is 3.82. The molecule has 0 saturated heterocycles. The maximum atomic E-state index is 14.0. The van der Waals surface area contributed by atoms with Crippen LogP contribution in [0, 0.1) is 0 Å². The Morgan fingerprint density at radius 1 is 1.20 bits per heavy atom. The molecule has 0 bridgehead atoms. The predicted octanol–water partition coefficient (Wildman–Crippen LogP) is 5.62. The van der Waals surface area contributed by atoms with Gasteiger partial charge in [0, 0.05) is 29.3 Å². The Bertz CT molecular complexity index is 1580. The Morgan fingerprint density at radius 3 is 2.70 bits per heavy atom. The van der Waals surface area contributed by atoms with Crippen LogP contribution in [0.3, 0.4) is 0 Å². The minimum absolute atomic E-state index is 0.157. The van der Waals surface area contributed by atoms with Crippen LogP contribution < -0.4 is 29.9 Å². The molecular weight excluding hydrogens is 554 g/mol. The zero-order chi connectivity index (χ0) is 28.2. The van der Waals surface area contributed by atoms with Crippen molar-refractivity contribution in [3.63, 3.8) is 0 Å². The van der Waals surface area contributed by atoms with Crippen molar-refractivity contribution < 1.29 is 19.1 Å². The summed E-state index contributed by atoms with van der Waals surface area (Å²) in [6, 6.07) is 10.1.